The summed E-state index contributed by atoms with van der Waals surface area (Å²) >= 11 is 5.83. The van der Waals surface area contributed by atoms with Gasteiger partial charge in [-0.15, -0.1) is 0 Å². The summed E-state index contributed by atoms with van der Waals surface area (Å²) < 4.78 is 5.26. The molecule has 2 rings (SSSR count). The standard InChI is InChI=1S/C15H18ClN3O2/c1-19(10-12-3-2-8-21-12)7-6-15(20)18-11-4-5-13(16)14(17)9-11/h2-5,8-9H,6-7,10,17H2,1H3,(H,18,20). The summed E-state index contributed by atoms with van der Waals surface area (Å²) in [5, 5.41) is 3.27. The summed E-state index contributed by atoms with van der Waals surface area (Å²) in [5.41, 5.74) is 6.79. The van der Waals surface area contributed by atoms with E-state index in [0.29, 0.717) is 35.9 Å². The number of benzene rings is 1. The fraction of sp³-hybridized carbons (Fsp3) is 0.267. The number of hydrogen-bond donors (Lipinski definition) is 2. The Kier molecular flexibility index (Phi) is 5.25. The van der Waals surface area contributed by atoms with E-state index in [0.717, 1.165) is 5.76 Å². The molecule has 0 atom stereocenters. The Morgan fingerprint density at radius 1 is 1.43 bits per heavy atom. The van der Waals surface area contributed by atoms with E-state index in [1.165, 1.54) is 0 Å². The molecule has 1 aromatic carbocycles. The van der Waals surface area contributed by atoms with Crippen molar-refractivity contribution >= 4 is 28.9 Å². The molecule has 0 unspecified atom stereocenters. The summed E-state index contributed by atoms with van der Waals surface area (Å²) in [4.78, 5) is 13.9. The van der Waals surface area contributed by atoms with Crippen molar-refractivity contribution in [2.24, 2.45) is 0 Å². The largest absolute Gasteiger partial charge is 0.468 e. The summed E-state index contributed by atoms with van der Waals surface area (Å²) in [6.45, 7) is 1.31. The van der Waals surface area contributed by atoms with E-state index in [1.54, 1.807) is 24.5 Å². The number of halogens is 1. The van der Waals surface area contributed by atoms with Crippen molar-refractivity contribution in [2.45, 2.75) is 13.0 Å². The molecular formula is C15H18ClN3O2. The van der Waals surface area contributed by atoms with Gasteiger partial charge in [0, 0.05) is 18.7 Å². The average Bonchev–Trinajstić information content (AvgIpc) is 2.93. The second kappa shape index (κ2) is 7.15. The average molecular weight is 308 g/mol. The number of hydrogen-bond acceptors (Lipinski definition) is 4. The molecule has 0 aliphatic rings. The van der Waals surface area contributed by atoms with Crippen LogP contribution in [-0.4, -0.2) is 24.4 Å². The molecule has 3 N–H and O–H groups in total. The molecule has 0 saturated carbocycles. The molecule has 1 amide bonds. The van der Waals surface area contributed by atoms with Crippen LogP contribution < -0.4 is 11.1 Å². The Balaban J connectivity index is 1.77. The van der Waals surface area contributed by atoms with Crippen molar-refractivity contribution in [3.63, 3.8) is 0 Å². The van der Waals surface area contributed by atoms with E-state index < -0.39 is 0 Å². The number of carbonyl (C=O) groups excluding carboxylic acids is 1. The second-order valence-electron chi connectivity index (χ2n) is 4.85. The molecule has 112 valence electrons. The van der Waals surface area contributed by atoms with Crippen molar-refractivity contribution in [3.05, 3.63) is 47.4 Å². The number of nitrogen functional groups attached to an aromatic ring is 1. The molecule has 21 heavy (non-hydrogen) atoms. The van der Waals surface area contributed by atoms with Crippen molar-refractivity contribution < 1.29 is 9.21 Å². The fourth-order valence-corrected chi connectivity index (χ4v) is 2.00. The molecular weight excluding hydrogens is 290 g/mol. The minimum Gasteiger partial charge on any atom is -0.468 e. The lowest BCUT2D eigenvalue weighted by atomic mass is 10.2. The van der Waals surface area contributed by atoms with Gasteiger partial charge in [0.2, 0.25) is 5.91 Å². The van der Waals surface area contributed by atoms with Gasteiger partial charge in [0.25, 0.3) is 0 Å². The van der Waals surface area contributed by atoms with Crippen LogP contribution in [0.25, 0.3) is 0 Å². The van der Waals surface area contributed by atoms with Crippen LogP contribution in [0.5, 0.6) is 0 Å². The van der Waals surface area contributed by atoms with Crippen LogP contribution >= 0.6 is 11.6 Å². The number of rotatable bonds is 6. The third kappa shape index (κ3) is 4.81. The molecule has 0 spiro atoms. The quantitative estimate of drug-likeness (QED) is 0.805. The van der Waals surface area contributed by atoms with Crippen LogP contribution in [0.2, 0.25) is 5.02 Å². The first-order valence-corrected chi connectivity index (χ1v) is 6.98. The molecule has 5 nitrogen and oxygen atoms in total. The highest BCUT2D eigenvalue weighted by molar-refractivity contribution is 6.33. The monoisotopic (exact) mass is 307 g/mol. The number of furan rings is 1. The number of amides is 1. The minimum absolute atomic E-state index is 0.0667. The molecule has 0 fully saturated rings. The maximum Gasteiger partial charge on any atom is 0.225 e. The maximum atomic E-state index is 11.9. The number of anilines is 2. The topological polar surface area (TPSA) is 71.5 Å². The van der Waals surface area contributed by atoms with Gasteiger partial charge in [0.05, 0.1) is 23.5 Å². The van der Waals surface area contributed by atoms with Crippen LogP contribution in [0, 0.1) is 0 Å². The van der Waals surface area contributed by atoms with E-state index in [9.17, 15) is 4.79 Å². The Bertz CT molecular complexity index is 599. The summed E-state index contributed by atoms with van der Waals surface area (Å²) in [7, 11) is 1.94. The molecule has 6 heteroatoms. The third-order valence-corrected chi connectivity index (χ3v) is 3.35. The van der Waals surface area contributed by atoms with Crippen LogP contribution in [0.1, 0.15) is 12.2 Å². The van der Waals surface area contributed by atoms with Crippen molar-refractivity contribution in [3.8, 4) is 0 Å². The first-order chi connectivity index (χ1) is 10.0. The van der Waals surface area contributed by atoms with Crippen molar-refractivity contribution in [2.75, 3.05) is 24.6 Å². The first kappa shape index (κ1) is 15.4. The predicted molar refractivity (Wildman–Crippen MR) is 84.2 cm³/mol. The van der Waals surface area contributed by atoms with Crippen molar-refractivity contribution in [1.29, 1.82) is 0 Å². The van der Waals surface area contributed by atoms with Gasteiger partial charge >= 0.3 is 0 Å². The highest BCUT2D eigenvalue weighted by Crippen LogP contribution is 2.22. The van der Waals surface area contributed by atoms with E-state index in [-0.39, 0.29) is 5.91 Å². The normalized spacial score (nSPS) is 10.8. The summed E-state index contributed by atoms with van der Waals surface area (Å²) in [6, 6.07) is 8.79. The van der Waals surface area contributed by atoms with Gasteiger partial charge in [0.15, 0.2) is 0 Å². The van der Waals surface area contributed by atoms with E-state index in [4.69, 9.17) is 21.8 Å². The molecule has 0 bridgehead atoms. The molecule has 0 radical (unpaired) electrons. The highest BCUT2D eigenvalue weighted by atomic mass is 35.5. The number of nitrogens with zero attached hydrogens (tertiary/aromatic N) is 1. The number of nitrogens with two attached hydrogens (primary N) is 1. The van der Waals surface area contributed by atoms with Gasteiger partial charge in [-0.1, -0.05) is 11.6 Å². The SMILES string of the molecule is CN(CCC(=O)Nc1ccc(Cl)c(N)c1)Cc1ccco1. The van der Waals surface area contributed by atoms with E-state index >= 15 is 0 Å². The molecule has 0 aliphatic carbocycles. The predicted octanol–water partition coefficient (Wildman–Crippen LogP) is 2.98. The zero-order valence-electron chi connectivity index (χ0n) is 11.8. The summed E-state index contributed by atoms with van der Waals surface area (Å²) in [5.74, 6) is 0.811. The zero-order chi connectivity index (χ0) is 15.2. The van der Waals surface area contributed by atoms with Gasteiger partial charge in [0.1, 0.15) is 5.76 Å². The van der Waals surface area contributed by atoms with Crippen LogP contribution in [0.3, 0.4) is 0 Å². The van der Waals surface area contributed by atoms with Gasteiger partial charge in [-0.2, -0.15) is 0 Å². The lowest BCUT2D eigenvalue weighted by molar-refractivity contribution is -0.116. The Morgan fingerprint density at radius 2 is 2.24 bits per heavy atom. The Labute approximate surface area is 128 Å². The molecule has 1 aromatic heterocycles. The lowest BCUT2D eigenvalue weighted by Gasteiger charge is -2.14. The zero-order valence-corrected chi connectivity index (χ0v) is 12.6. The lowest BCUT2D eigenvalue weighted by Crippen LogP contribution is -2.23. The van der Waals surface area contributed by atoms with E-state index in [1.807, 2.05) is 24.1 Å². The molecule has 0 saturated heterocycles. The third-order valence-electron chi connectivity index (χ3n) is 3.01. The smallest absolute Gasteiger partial charge is 0.225 e. The van der Waals surface area contributed by atoms with Crippen LogP contribution in [0.15, 0.2) is 41.0 Å². The molecule has 1 heterocycles. The minimum atomic E-state index is -0.0667. The Hall–Kier alpha value is -1.98. The number of carbonyl (C=O) groups is 1. The first-order valence-electron chi connectivity index (χ1n) is 6.60. The van der Waals surface area contributed by atoms with Gasteiger partial charge in [-0.05, 0) is 37.4 Å². The number of nitrogens with one attached hydrogen (secondary N) is 1. The second-order valence-corrected chi connectivity index (χ2v) is 5.26. The van der Waals surface area contributed by atoms with E-state index in [2.05, 4.69) is 5.32 Å². The van der Waals surface area contributed by atoms with Gasteiger partial charge < -0.3 is 15.5 Å². The van der Waals surface area contributed by atoms with Crippen molar-refractivity contribution in [1.82, 2.24) is 4.90 Å². The summed E-state index contributed by atoms with van der Waals surface area (Å²) in [6.07, 6.45) is 2.03. The van der Waals surface area contributed by atoms with Gasteiger partial charge in [-0.25, -0.2) is 0 Å². The highest BCUT2D eigenvalue weighted by Gasteiger charge is 2.07. The molecule has 0 aliphatic heterocycles. The fourth-order valence-electron chi connectivity index (χ4n) is 1.89. The molecule has 2 aromatic rings. The van der Waals surface area contributed by atoms with Crippen LogP contribution in [-0.2, 0) is 11.3 Å². The maximum absolute atomic E-state index is 11.9. The Morgan fingerprint density at radius 3 is 2.90 bits per heavy atom. The van der Waals surface area contributed by atoms with Gasteiger partial charge in [-0.3, -0.25) is 9.69 Å². The van der Waals surface area contributed by atoms with Crippen LogP contribution in [0.4, 0.5) is 11.4 Å².